The van der Waals surface area contributed by atoms with Gasteiger partial charge in [-0.05, 0) is 25.0 Å². The first kappa shape index (κ1) is 13.3. The second-order valence-electron chi connectivity index (χ2n) is 4.92. The molecule has 100 valence electrons. The standard InChI is InChI=1S/C14H23N3O/c15-10-12-6-7-14(11-16-12)17(8-9-18)13-4-2-1-3-5-13/h6-7,11,13,18H,1-5,8-10,15H2. The lowest BCUT2D eigenvalue weighted by molar-refractivity contribution is 0.290. The van der Waals surface area contributed by atoms with Crippen LogP contribution in [0.4, 0.5) is 5.69 Å². The molecule has 0 aliphatic heterocycles. The number of aromatic nitrogens is 1. The molecule has 4 heteroatoms. The summed E-state index contributed by atoms with van der Waals surface area (Å²) < 4.78 is 0. The van der Waals surface area contributed by atoms with Crippen LogP contribution >= 0.6 is 0 Å². The third-order valence-electron chi connectivity index (χ3n) is 3.71. The van der Waals surface area contributed by atoms with Crippen molar-refractivity contribution in [3.8, 4) is 0 Å². The fourth-order valence-corrected chi connectivity index (χ4v) is 2.73. The van der Waals surface area contributed by atoms with E-state index in [1.807, 2.05) is 12.3 Å². The summed E-state index contributed by atoms with van der Waals surface area (Å²) in [5, 5.41) is 9.25. The molecule has 1 fully saturated rings. The fraction of sp³-hybridized carbons (Fsp3) is 0.643. The Hall–Kier alpha value is -1.13. The molecule has 4 nitrogen and oxygen atoms in total. The number of hydrogen-bond acceptors (Lipinski definition) is 4. The van der Waals surface area contributed by atoms with Crippen molar-refractivity contribution in [1.29, 1.82) is 0 Å². The van der Waals surface area contributed by atoms with E-state index in [9.17, 15) is 5.11 Å². The van der Waals surface area contributed by atoms with Crippen molar-refractivity contribution in [2.45, 2.75) is 44.7 Å². The second kappa shape index (κ2) is 6.71. The van der Waals surface area contributed by atoms with Gasteiger partial charge in [0.25, 0.3) is 0 Å². The van der Waals surface area contributed by atoms with Gasteiger partial charge in [0.2, 0.25) is 0 Å². The Morgan fingerprint density at radius 3 is 2.61 bits per heavy atom. The third kappa shape index (κ3) is 3.21. The molecule has 18 heavy (non-hydrogen) atoms. The molecule has 0 bridgehead atoms. The molecule has 2 rings (SSSR count). The molecule has 1 aromatic rings. The summed E-state index contributed by atoms with van der Waals surface area (Å²) in [7, 11) is 0. The maximum absolute atomic E-state index is 9.25. The van der Waals surface area contributed by atoms with Crippen molar-refractivity contribution in [3.05, 3.63) is 24.0 Å². The number of anilines is 1. The van der Waals surface area contributed by atoms with Crippen LogP contribution in [-0.2, 0) is 6.54 Å². The van der Waals surface area contributed by atoms with Gasteiger partial charge in [0.1, 0.15) is 0 Å². The van der Waals surface area contributed by atoms with Crippen molar-refractivity contribution >= 4 is 5.69 Å². The van der Waals surface area contributed by atoms with Crippen LogP contribution in [0, 0.1) is 0 Å². The average molecular weight is 249 g/mol. The minimum atomic E-state index is 0.190. The minimum absolute atomic E-state index is 0.190. The summed E-state index contributed by atoms with van der Waals surface area (Å²) in [5.41, 5.74) is 7.57. The van der Waals surface area contributed by atoms with Gasteiger partial charge in [-0.2, -0.15) is 0 Å². The Labute approximate surface area is 109 Å². The van der Waals surface area contributed by atoms with E-state index in [4.69, 9.17) is 5.73 Å². The van der Waals surface area contributed by atoms with Gasteiger partial charge >= 0.3 is 0 Å². The van der Waals surface area contributed by atoms with Crippen LogP contribution in [0.5, 0.6) is 0 Å². The number of aliphatic hydroxyl groups is 1. The molecule has 3 N–H and O–H groups in total. The monoisotopic (exact) mass is 249 g/mol. The smallest absolute Gasteiger partial charge is 0.0606 e. The number of aliphatic hydroxyl groups excluding tert-OH is 1. The molecule has 0 aromatic carbocycles. The Bertz CT molecular complexity index is 347. The van der Waals surface area contributed by atoms with Crippen LogP contribution in [0.15, 0.2) is 18.3 Å². The Morgan fingerprint density at radius 2 is 2.06 bits per heavy atom. The number of nitrogens with two attached hydrogens (primary N) is 1. The largest absolute Gasteiger partial charge is 0.395 e. The van der Waals surface area contributed by atoms with E-state index in [2.05, 4.69) is 16.0 Å². The molecule has 0 spiro atoms. The molecule has 0 saturated heterocycles. The van der Waals surface area contributed by atoms with E-state index in [0.29, 0.717) is 19.1 Å². The van der Waals surface area contributed by atoms with Crippen LogP contribution in [0.2, 0.25) is 0 Å². The van der Waals surface area contributed by atoms with E-state index in [1.165, 1.54) is 32.1 Å². The lowest BCUT2D eigenvalue weighted by Crippen LogP contribution is -2.38. The van der Waals surface area contributed by atoms with Gasteiger partial charge in [-0.1, -0.05) is 19.3 Å². The van der Waals surface area contributed by atoms with Gasteiger partial charge < -0.3 is 15.7 Å². The molecular weight excluding hydrogens is 226 g/mol. The summed E-state index contributed by atoms with van der Waals surface area (Å²) in [6, 6.07) is 4.60. The highest BCUT2D eigenvalue weighted by molar-refractivity contribution is 5.45. The number of pyridine rings is 1. The highest BCUT2D eigenvalue weighted by atomic mass is 16.3. The van der Waals surface area contributed by atoms with E-state index in [-0.39, 0.29) is 6.61 Å². The topological polar surface area (TPSA) is 62.4 Å². The number of hydrogen-bond donors (Lipinski definition) is 2. The van der Waals surface area contributed by atoms with Crippen LogP contribution in [0.3, 0.4) is 0 Å². The van der Waals surface area contributed by atoms with Crippen molar-refractivity contribution in [3.63, 3.8) is 0 Å². The zero-order valence-electron chi connectivity index (χ0n) is 10.9. The SMILES string of the molecule is NCc1ccc(N(CCO)C2CCCCC2)cn1. The lowest BCUT2D eigenvalue weighted by atomic mass is 9.94. The van der Waals surface area contributed by atoms with E-state index < -0.39 is 0 Å². The second-order valence-corrected chi connectivity index (χ2v) is 4.92. The minimum Gasteiger partial charge on any atom is -0.395 e. The molecule has 0 unspecified atom stereocenters. The van der Waals surface area contributed by atoms with Gasteiger partial charge in [-0.3, -0.25) is 4.98 Å². The fourth-order valence-electron chi connectivity index (χ4n) is 2.73. The van der Waals surface area contributed by atoms with Gasteiger partial charge in [0.15, 0.2) is 0 Å². The van der Waals surface area contributed by atoms with Crippen LogP contribution in [0.1, 0.15) is 37.8 Å². The van der Waals surface area contributed by atoms with Crippen LogP contribution < -0.4 is 10.6 Å². The summed E-state index contributed by atoms with van der Waals surface area (Å²) in [6.45, 7) is 1.35. The van der Waals surface area contributed by atoms with Gasteiger partial charge in [0, 0.05) is 19.1 Å². The average Bonchev–Trinajstić information content (AvgIpc) is 2.46. The zero-order chi connectivity index (χ0) is 12.8. The predicted octanol–water partition coefficient (Wildman–Crippen LogP) is 1.67. The maximum Gasteiger partial charge on any atom is 0.0606 e. The zero-order valence-corrected chi connectivity index (χ0v) is 10.9. The summed E-state index contributed by atoms with van der Waals surface area (Å²) in [6.07, 6.45) is 8.25. The Kier molecular flexibility index (Phi) is 4.96. The summed E-state index contributed by atoms with van der Waals surface area (Å²) in [4.78, 5) is 6.64. The molecule has 1 aliphatic rings. The van der Waals surface area contributed by atoms with E-state index in [0.717, 1.165) is 11.4 Å². The summed E-state index contributed by atoms with van der Waals surface area (Å²) in [5.74, 6) is 0. The van der Waals surface area contributed by atoms with Crippen molar-refractivity contribution in [2.75, 3.05) is 18.1 Å². The van der Waals surface area contributed by atoms with Gasteiger partial charge in [-0.15, -0.1) is 0 Å². The van der Waals surface area contributed by atoms with Gasteiger partial charge in [0.05, 0.1) is 24.2 Å². The maximum atomic E-state index is 9.25. The number of nitrogens with zero attached hydrogens (tertiary/aromatic N) is 2. The van der Waals surface area contributed by atoms with Gasteiger partial charge in [-0.25, -0.2) is 0 Å². The first-order chi connectivity index (χ1) is 8.85. The van der Waals surface area contributed by atoms with E-state index in [1.54, 1.807) is 0 Å². The molecule has 1 heterocycles. The predicted molar refractivity (Wildman–Crippen MR) is 73.4 cm³/mol. The summed E-state index contributed by atoms with van der Waals surface area (Å²) >= 11 is 0. The van der Waals surface area contributed by atoms with Crippen molar-refractivity contribution in [1.82, 2.24) is 4.98 Å². The first-order valence-corrected chi connectivity index (χ1v) is 6.87. The van der Waals surface area contributed by atoms with Crippen molar-refractivity contribution in [2.24, 2.45) is 5.73 Å². The first-order valence-electron chi connectivity index (χ1n) is 6.87. The Morgan fingerprint density at radius 1 is 1.28 bits per heavy atom. The molecular formula is C14H23N3O. The molecule has 0 amide bonds. The normalized spacial score (nSPS) is 16.8. The highest BCUT2D eigenvalue weighted by Crippen LogP contribution is 2.26. The Balaban J connectivity index is 2.11. The molecule has 0 atom stereocenters. The quantitative estimate of drug-likeness (QED) is 0.833. The molecule has 0 radical (unpaired) electrons. The van der Waals surface area contributed by atoms with E-state index >= 15 is 0 Å². The van der Waals surface area contributed by atoms with Crippen molar-refractivity contribution < 1.29 is 5.11 Å². The molecule has 1 aromatic heterocycles. The van der Waals surface area contributed by atoms with Crippen LogP contribution in [-0.4, -0.2) is 29.3 Å². The molecule has 1 saturated carbocycles. The molecule has 1 aliphatic carbocycles. The third-order valence-corrected chi connectivity index (χ3v) is 3.71. The highest BCUT2D eigenvalue weighted by Gasteiger charge is 2.21. The van der Waals surface area contributed by atoms with Crippen LogP contribution in [0.25, 0.3) is 0 Å². The number of rotatable bonds is 5. The lowest BCUT2D eigenvalue weighted by Gasteiger charge is -2.35.